The van der Waals surface area contributed by atoms with Gasteiger partial charge < -0.3 is 9.64 Å². The number of benzene rings is 3. The van der Waals surface area contributed by atoms with Crippen LogP contribution in [0.4, 0.5) is 0 Å². The van der Waals surface area contributed by atoms with Crippen LogP contribution in [0.15, 0.2) is 59.5 Å². The molecule has 1 atom stereocenters. The molecular weight excluding hydrogens is 414 g/mol. The molecule has 0 aromatic heterocycles. The van der Waals surface area contributed by atoms with E-state index in [-0.39, 0.29) is 5.78 Å². The molecule has 3 nitrogen and oxygen atoms in total. The number of ketones is 1. The van der Waals surface area contributed by atoms with Gasteiger partial charge >= 0.3 is 0 Å². The number of likely N-dealkylation sites (tertiary alicyclic amines) is 1. The van der Waals surface area contributed by atoms with Crippen LogP contribution < -0.4 is 4.74 Å². The van der Waals surface area contributed by atoms with Gasteiger partial charge in [0, 0.05) is 35.8 Å². The van der Waals surface area contributed by atoms with Gasteiger partial charge in [0.1, 0.15) is 5.75 Å². The van der Waals surface area contributed by atoms with Crippen molar-refractivity contribution in [1.82, 2.24) is 4.90 Å². The van der Waals surface area contributed by atoms with Crippen LogP contribution in [0.3, 0.4) is 0 Å². The van der Waals surface area contributed by atoms with E-state index >= 15 is 0 Å². The number of carbonyl (C=O) groups is 1. The molecule has 1 fully saturated rings. The number of fused-ring (bicyclic) bond motifs is 2. The number of Topliss-reactive ketones (excluding diaryl/α,β-unsaturated/α-hetero) is 1. The van der Waals surface area contributed by atoms with Crippen molar-refractivity contribution in [2.24, 2.45) is 0 Å². The molecule has 1 unspecified atom stereocenters. The average molecular weight is 438 g/mol. The number of halogens is 1. The van der Waals surface area contributed by atoms with Crippen molar-refractivity contribution in [1.29, 1.82) is 0 Å². The van der Waals surface area contributed by atoms with Gasteiger partial charge in [0.25, 0.3) is 0 Å². The SMILES string of the molecule is O=C(CCN1CCC(c2ccccc2Cl)C1)c1ccc2cc3c(cc2c1)OCCS3. The summed E-state index contributed by atoms with van der Waals surface area (Å²) in [6, 6.07) is 18.4. The van der Waals surface area contributed by atoms with E-state index in [4.69, 9.17) is 16.3 Å². The second-order valence-electron chi connectivity index (χ2n) is 8.04. The molecule has 2 aliphatic rings. The number of hydrogen-bond donors (Lipinski definition) is 0. The van der Waals surface area contributed by atoms with Crippen molar-refractivity contribution >= 4 is 39.9 Å². The molecule has 0 bridgehead atoms. The van der Waals surface area contributed by atoms with Gasteiger partial charge in [-0.25, -0.2) is 0 Å². The summed E-state index contributed by atoms with van der Waals surface area (Å²) >= 11 is 8.20. The van der Waals surface area contributed by atoms with Gasteiger partial charge in [0.15, 0.2) is 5.78 Å². The minimum atomic E-state index is 0.200. The number of ether oxygens (including phenoxy) is 1. The fourth-order valence-electron chi connectivity index (χ4n) is 4.46. The van der Waals surface area contributed by atoms with Crippen LogP contribution in [0.2, 0.25) is 5.02 Å². The molecule has 2 aliphatic heterocycles. The smallest absolute Gasteiger partial charge is 0.164 e. The Balaban J connectivity index is 1.23. The van der Waals surface area contributed by atoms with Crippen molar-refractivity contribution in [2.75, 3.05) is 32.0 Å². The summed E-state index contributed by atoms with van der Waals surface area (Å²) in [5.41, 5.74) is 2.01. The first-order valence-corrected chi connectivity index (χ1v) is 11.9. The first-order valence-electron chi connectivity index (χ1n) is 10.5. The van der Waals surface area contributed by atoms with E-state index in [0.29, 0.717) is 12.3 Å². The number of thioether (sulfide) groups is 1. The Bertz CT molecular complexity index is 1100. The first-order chi connectivity index (χ1) is 14.7. The van der Waals surface area contributed by atoms with Gasteiger partial charge in [0.05, 0.1) is 11.5 Å². The Morgan fingerprint density at radius 1 is 1.13 bits per heavy atom. The lowest BCUT2D eigenvalue weighted by atomic mass is 9.98. The van der Waals surface area contributed by atoms with Gasteiger partial charge in [-0.15, -0.1) is 11.8 Å². The van der Waals surface area contributed by atoms with Gasteiger partial charge in [-0.3, -0.25) is 4.79 Å². The molecule has 154 valence electrons. The number of hydrogen-bond acceptors (Lipinski definition) is 4. The van der Waals surface area contributed by atoms with Crippen LogP contribution in [0.5, 0.6) is 5.75 Å². The number of carbonyl (C=O) groups excluding carboxylic acids is 1. The largest absolute Gasteiger partial charge is 0.492 e. The van der Waals surface area contributed by atoms with Crippen LogP contribution in [-0.2, 0) is 0 Å². The third-order valence-electron chi connectivity index (χ3n) is 6.10. The van der Waals surface area contributed by atoms with E-state index in [1.54, 1.807) is 0 Å². The summed E-state index contributed by atoms with van der Waals surface area (Å²) in [4.78, 5) is 16.4. The molecule has 30 heavy (non-hydrogen) atoms. The van der Waals surface area contributed by atoms with Crippen LogP contribution in [-0.4, -0.2) is 42.7 Å². The summed E-state index contributed by atoms with van der Waals surface area (Å²) < 4.78 is 5.78. The van der Waals surface area contributed by atoms with Crippen LogP contribution in [0.25, 0.3) is 10.8 Å². The van der Waals surface area contributed by atoms with Crippen LogP contribution >= 0.6 is 23.4 Å². The maximum Gasteiger partial charge on any atom is 0.164 e. The van der Waals surface area contributed by atoms with Gasteiger partial charge in [0.2, 0.25) is 0 Å². The Kier molecular flexibility index (Phi) is 5.72. The third-order valence-corrected chi connectivity index (χ3v) is 7.44. The molecule has 5 rings (SSSR count). The lowest BCUT2D eigenvalue weighted by molar-refractivity contribution is 0.0969. The zero-order valence-electron chi connectivity index (χ0n) is 16.8. The number of rotatable bonds is 5. The van der Waals surface area contributed by atoms with E-state index in [1.165, 1.54) is 10.5 Å². The summed E-state index contributed by atoms with van der Waals surface area (Å²) in [6.45, 7) is 3.52. The lowest BCUT2D eigenvalue weighted by Gasteiger charge is -2.18. The summed E-state index contributed by atoms with van der Waals surface area (Å²) in [5, 5.41) is 3.08. The first kappa shape index (κ1) is 19.9. The van der Waals surface area contributed by atoms with Crippen LogP contribution in [0.1, 0.15) is 34.7 Å². The van der Waals surface area contributed by atoms with Crippen molar-refractivity contribution in [3.63, 3.8) is 0 Å². The fourth-order valence-corrected chi connectivity index (χ4v) is 5.61. The molecule has 0 N–H and O–H groups in total. The van der Waals surface area contributed by atoms with Crippen molar-refractivity contribution in [3.8, 4) is 5.75 Å². The predicted octanol–water partition coefficient (Wildman–Crippen LogP) is 6.04. The molecule has 0 aliphatic carbocycles. The van der Waals surface area contributed by atoms with E-state index < -0.39 is 0 Å². The molecule has 3 aromatic rings. The topological polar surface area (TPSA) is 29.5 Å². The van der Waals surface area contributed by atoms with E-state index in [0.717, 1.165) is 65.5 Å². The molecule has 0 spiro atoms. The Labute approximate surface area is 186 Å². The molecule has 2 heterocycles. The average Bonchev–Trinajstić information content (AvgIpc) is 3.24. The number of nitrogens with zero attached hydrogens (tertiary/aromatic N) is 1. The summed E-state index contributed by atoms with van der Waals surface area (Å²) in [5.74, 6) is 2.58. The molecule has 5 heteroatoms. The second kappa shape index (κ2) is 8.62. The summed E-state index contributed by atoms with van der Waals surface area (Å²) in [7, 11) is 0. The highest BCUT2D eigenvalue weighted by Crippen LogP contribution is 2.37. The highest BCUT2D eigenvalue weighted by atomic mass is 35.5. The Morgan fingerprint density at radius 3 is 2.93 bits per heavy atom. The van der Waals surface area contributed by atoms with Gasteiger partial charge in [-0.2, -0.15) is 0 Å². The third kappa shape index (κ3) is 4.09. The Morgan fingerprint density at radius 2 is 2.03 bits per heavy atom. The maximum absolute atomic E-state index is 12.9. The highest BCUT2D eigenvalue weighted by molar-refractivity contribution is 7.99. The molecule has 0 saturated carbocycles. The quantitative estimate of drug-likeness (QED) is 0.455. The minimum absolute atomic E-state index is 0.200. The van der Waals surface area contributed by atoms with Gasteiger partial charge in [-0.1, -0.05) is 41.9 Å². The fraction of sp³-hybridized carbons (Fsp3) is 0.320. The van der Waals surface area contributed by atoms with Crippen LogP contribution in [0, 0.1) is 0 Å². The molecule has 3 aromatic carbocycles. The van der Waals surface area contributed by atoms with Crippen molar-refractivity contribution in [2.45, 2.75) is 23.7 Å². The maximum atomic E-state index is 12.9. The highest BCUT2D eigenvalue weighted by Gasteiger charge is 2.25. The lowest BCUT2D eigenvalue weighted by Crippen LogP contribution is -2.23. The predicted molar refractivity (Wildman–Crippen MR) is 124 cm³/mol. The van der Waals surface area contributed by atoms with E-state index in [9.17, 15) is 4.79 Å². The molecule has 0 amide bonds. The monoisotopic (exact) mass is 437 g/mol. The zero-order chi connectivity index (χ0) is 20.5. The zero-order valence-corrected chi connectivity index (χ0v) is 18.3. The van der Waals surface area contributed by atoms with Crippen molar-refractivity contribution < 1.29 is 9.53 Å². The molecule has 0 radical (unpaired) electrons. The van der Waals surface area contributed by atoms with Crippen molar-refractivity contribution in [3.05, 3.63) is 70.7 Å². The van der Waals surface area contributed by atoms with E-state index in [1.807, 2.05) is 42.1 Å². The standard InChI is InChI=1S/C25H24ClNO2S/c26-22-4-2-1-3-21(22)19-7-9-27(16-19)10-8-23(28)18-6-5-17-15-25-24(14-20(17)13-18)29-11-12-30-25/h1-6,13-15,19H,7-12,16H2. The molecule has 1 saturated heterocycles. The van der Waals surface area contributed by atoms with E-state index in [2.05, 4.69) is 29.2 Å². The minimum Gasteiger partial charge on any atom is -0.492 e. The summed E-state index contributed by atoms with van der Waals surface area (Å²) in [6.07, 6.45) is 1.63. The normalized spacial score (nSPS) is 18.9. The second-order valence-corrected chi connectivity index (χ2v) is 9.58. The molecular formula is C25H24ClNO2S. The Hall–Kier alpha value is -2.01. The van der Waals surface area contributed by atoms with Gasteiger partial charge in [-0.05, 0) is 59.5 Å².